The molecule has 1 N–H and O–H groups in total. The fraction of sp³-hybridized carbons (Fsp3) is 0.333. The smallest absolute Gasteiger partial charge is 0.220 e. The summed E-state index contributed by atoms with van der Waals surface area (Å²) in [6.45, 7) is 4.85. The van der Waals surface area contributed by atoms with Crippen LogP contribution in [0.25, 0.3) is 0 Å². The minimum atomic E-state index is 0.0635. The van der Waals surface area contributed by atoms with E-state index in [0.29, 0.717) is 18.9 Å². The van der Waals surface area contributed by atoms with E-state index in [1.165, 1.54) is 11.1 Å². The molecular weight excluding hydrogens is 260 g/mol. The molecule has 0 spiro atoms. The number of rotatable bonds is 6. The molecule has 3 heteroatoms. The number of hydrogen-bond donors (Lipinski definition) is 1. The van der Waals surface area contributed by atoms with E-state index in [0.717, 1.165) is 12.1 Å². The Morgan fingerprint density at radius 1 is 1.14 bits per heavy atom. The summed E-state index contributed by atoms with van der Waals surface area (Å²) in [6.07, 6.45) is 3.01. The molecule has 0 aliphatic heterocycles. The molecule has 3 nitrogen and oxygen atoms in total. The van der Waals surface area contributed by atoms with Crippen molar-refractivity contribution in [3.8, 4) is 0 Å². The van der Waals surface area contributed by atoms with E-state index in [4.69, 9.17) is 0 Å². The maximum Gasteiger partial charge on any atom is 0.220 e. The summed E-state index contributed by atoms with van der Waals surface area (Å²) in [4.78, 5) is 16.0. The summed E-state index contributed by atoms with van der Waals surface area (Å²) < 4.78 is 0. The van der Waals surface area contributed by atoms with Crippen molar-refractivity contribution in [1.82, 2.24) is 10.3 Å². The molecule has 21 heavy (non-hydrogen) atoms. The summed E-state index contributed by atoms with van der Waals surface area (Å²) in [5.74, 6) is 0.606. The van der Waals surface area contributed by atoms with Crippen molar-refractivity contribution in [2.24, 2.45) is 0 Å². The number of carbonyl (C=O) groups excluding carboxylic acids is 1. The van der Waals surface area contributed by atoms with E-state index in [-0.39, 0.29) is 5.91 Å². The topological polar surface area (TPSA) is 42.0 Å². The van der Waals surface area contributed by atoms with E-state index < -0.39 is 0 Å². The maximum absolute atomic E-state index is 11.8. The number of nitrogens with one attached hydrogen (secondary N) is 1. The Morgan fingerprint density at radius 2 is 1.90 bits per heavy atom. The van der Waals surface area contributed by atoms with Gasteiger partial charge in [0.2, 0.25) is 5.91 Å². The van der Waals surface area contributed by atoms with E-state index in [9.17, 15) is 4.79 Å². The lowest BCUT2D eigenvalue weighted by Crippen LogP contribution is -2.23. The van der Waals surface area contributed by atoms with Gasteiger partial charge in [-0.2, -0.15) is 0 Å². The molecule has 0 radical (unpaired) electrons. The van der Waals surface area contributed by atoms with Gasteiger partial charge in [0.15, 0.2) is 0 Å². The third-order valence-electron chi connectivity index (χ3n) is 3.48. The van der Waals surface area contributed by atoms with Crippen LogP contribution in [-0.2, 0) is 17.8 Å². The summed E-state index contributed by atoms with van der Waals surface area (Å²) in [5, 5.41) is 2.90. The molecule has 0 unspecified atom stereocenters. The third kappa shape index (κ3) is 5.03. The molecule has 1 amide bonds. The highest BCUT2D eigenvalue weighted by Crippen LogP contribution is 2.15. The van der Waals surface area contributed by atoms with Crippen LogP contribution in [0, 0.1) is 0 Å². The molecule has 1 heterocycles. The van der Waals surface area contributed by atoms with Gasteiger partial charge < -0.3 is 5.32 Å². The molecule has 2 aromatic rings. The van der Waals surface area contributed by atoms with Crippen LogP contribution in [0.3, 0.4) is 0 Å². The molecule has 0 saturated heterocycles. The minimum absolute atomic E-state index is 0.0635. The van der Waals surface area contributed by atoms with Gasteiger partial charge in [-0.1, -0.05) is 44.2 Å². The van der Waals surface area contributed by atoms with Crippen LogP contribution in [0.15, 0.2) is 48.7 Å². The van der Waals surface area contributed by atoms with Gasteiger partial charge in [0, 0.05) is 12.6 Å². The van der Waals surface area contributed by atoms with Crippen LogP contribution < -0.4 is 5.32 Å². The number of aromatic nitrogens is 1. The van der Waals surface area contributed by atoms with Crippen molar-refractivity contribution in [1.29, 1.82) is 0 Å². The number of nitrogens with zero attached hydrogens (tertiary/aromatic N) is 1. The van der Waals surface area contributed by atoms with Crippen molar-refractivity contribution in [3.05, 3.63) is 65.5 Å². The molecule has 1 aromatic heterocycles. The predicted octanol–water partition coefficient (Wildman–Crippen LogP) is 3.45. The Morgan fingerprint density at radius 3 is 2.52 bits per heavy atom. The van der Waals surface area contributed by atoms with Crippen LogP contribution in [0.5, 0.6) is 0 Å². The average Bonchev–Trinajstić information content (AvgIpc) is 2.52. The average molecular weight is 282 g/mol. The van der Waals surface area contributed by atoms with Crippen LogP contribution in [0.2, 0.25) is 0 Å². The van der Waals surface area contributed by atoms with Gasteiger partial charge >= 0.3 is 0 Å². The molecule has 0 bridgehead atoms. The fourth-order valence-electron chi connectivity index (χ4n) is 2.11. The quantitative estimate of drug-likeness (QED) is 0.881. The number of pyridine rings is 1. The van der Waals surface area contributed by atoms with Crippen molar-refractivity contribution in [2.45, 2.75) is 39.2 Å². The van der Waals surface area contributed by atoms with Gasteiger partial charge in [-0.3, -0.25) is 9.78 Å². The third-order valence-corrected chi connectivity index (χ3v) is 3.48. The molecule has 0 atom stereocenters. The van der Waals surface area contributed by atoms with Crippen LogP contribution in [-0.4, -0.2) is 10.9 Å². The Balaban J connectivity index is 1.76. The normalized spacial score (nSPS) is 10.6. The van der Waals surface area contributed by atoms with Gasteiger partial charge in [0.1, 0.15) is 0 Å². The lowest BCUT2D eigenvalue weighted by atomic mass is 10.0. The standard InChI is InChI=1S/C18H22N2O/c1-14(2)16-9-6-15(7-10-16)8-11-18(21)20-13-17-5-3-4-12-19-17/h3-7,9-10,12,14H,8,11,13H2,1-2H3,(H,20,21). The van der Waals surface area contributed by atoms with Crippen molar-refractivity contribution in [2.75, 3.05) is 0 Å². The van der Waals surface area contributed by atoms with Crippen LogP contribution in [0.1, 0.15) is 43.0 Å². The number of carbonyl (C=O) groups is 1. The van der Waals surface area contributed by atoms with E-state index in [1.54, 1.807) is 6.20 Å². The number of hydrogen-bond acceptors (Lipinski definition) is 2. The van der Waals surface area contributed by atoms with Gasteiger partial charge in [-0.25, -0.2) is 0 Å². The first-order valence-electron chi connectivity index (χ1n) is 7.40. The predicted molar refractivity (Wildman–Crippen MR) is 84.9 cm³/mol. The van der Waals surface area contributed by atoms with Gasteiger partial charge in [-0.15, -0.1) is 0 Å². The first kappa shape index (κ1) is 15.2. The first-order valence-corrected chi connectivity index (χ1v) is 7.40. The number of amides is 1. The Hall–Kier alpha value is -2.16. The summed E-state index contributed by atoms with van der Waals surface area (Å²) in [6, 6.07) is 14.2. The van der Waals surface area contributed by atoms with E-state index in [2.05, 4.69) is 48.4 Å². The molecule has 1 aromatic carbocycles. The molecule has 0 fully saturated rings. The fourth-order valence-corrected chi connectivity index (χ4v) is 2.11. The molecule has 110 valence electrons. The zero-order valence-electron chi connectivity index (χ0n) is 12.7. The zero-order valence-corrected chi connectivity index (χ0v) is 12.7. The zero-order chi connectivity index (χ0) is 15.1. The summed E-state index contributed by atoms with van der Waals surface area (Å²) in [7, 11) is 0. The highest BCUT2D eigenvalue weighted by Gasteiger charge is 2.04. The molecule has 0 saturated carbocycles. The largest absolute Gasteiger partial charge is 0.350 e. The minimum Gasteiger partial charge on any atom is -0.350 e. The first-order chi connectivity index (χ1) is 10.1. The van der Waals surface area contributed by atoms with Crippen LogP contribution >= 0.6 is 0 Å². The van der Waals surface area contributed by atoms with E-state index >= 15 is 0 Å². The maximum atomic E-state index is 11.8. The summed E-state index contributed by atoms with van der Waals surface area (Å²) in [5.41, 5.74) is 3.41. The second-order valence-electron chi connectivity index (χ2n) is 5.49. The van der Waals surface area contributed by atoms with Gasteiger partial charge in [0.05, 0.1) is 12.2 Å². The summed E-state index contributed by atoms with van der Waals surface area (Å²) >= 11 is 0. The second-order valence-corrected chi connectivity index (χ2v) is 5.49. The van der Waals surface area contributed by atoms with Gasteiger partial charge in [0.25, 0.3) is 0 Å². The number of benzene rings is 1. The van der Waals surface area contributed by atoms with Crippen molar-refractivity contribution in [3.63, 3.8) is 0 Å². The van der Waals surface area contributed by atoms with Crippen molar-refractivity contribution < 1.29 is 4.79 Å². The second kappa shape index (κ2) is 7.58. The lowest BCUT2D eigenvalue weighted by molar-refractivity contribution is -0.121. The Labute approximate surface area is 126 Å². The molecular formula is C18H22N2O. The van der Waals surface area contributed by atoms with Crippen LogP contribution in [0.4, 0.5) is 0 Å². The Bertz CT molecular complexity index is 562. The molecule has 2 rings (SSSR count). The monoisotopic (exact) mass is 282 g/mol. The molecule has 0 aliphatic carbocycles. The SMILES string of the molecule is CC(C)c1ccc(CCC(=O)NCc2ccccn2)cc1. The highest BCUT2D eigenvalue weighted by atomic mass is 16.1. The lowest BCUT2D eigenvalue weighted by Gasteiger charge is -2.07. The highest BCUT2D eigenvalue weighted by molar-refractivity contribution is 5.76. The van der Waals surface area contributed by atoms with Crippen molar-refractivity contribution >= 4 is 5.91 Å². The molecule has 0 aliphatic rings. The van der Waals surface area contributed by atoms with E-state index in [1.807, 2.05) is 18.2 Å². The Kier molecular flexibility index (Phi) is 5.50. The van der Waals surface area contributed by atoms with Gasteiger partial charge in [-0.05, 0) is 35.6 Å². The number of aryl methyl sites for hydroxylation is 1.